The Morgan fingerprint density at radius 2 is 2.05 bits per heavy atom. The van der Waals surface area contributed by atoms with Crippen molar-refractivity contribution in [1.29, 1.82) is 0 Å². The van der Waals surface area contributed by atoms with E-state index < -0.39 is 0 Å². The normalized spacial score (nSPS) is 14.2. The lowest BCUT2D eigenvalue weighted by Gasteiger charge is -2.24. The second kappa shape index (κ2) is 8.16. The molecule has 108 valence electrons. The van der Waals surface area contributed by atoms with Gasteiger partial charge in [0.05, 0.1) is 7.11 Å². The van der Waals surface area contributed by atoms with Gasteiger partial charge in [0.1, 0.15) is 0 Å². The van der Waals surface area contributed by atoms with Crippen molar-refractivity contribution in [2.45, 2.75) is 46.1 Å². The Balaban J connectivity index is 2.64. The highest BCUT2D eigenvalue weighted by Crippen LogP contribution is 2.21. The van der Waals surface area contributed by atoms with Crippen molar-refractivity contribution in [2.24, 2.45) is 5.92 Å². The zero-order valence-corrected chi connectivity index (χ0v) is 12.5. The second-order valence-corrected chi connectivity index (χ2v) is 5.12. The Bertz CT molecular complexity index is 381. The number of halogens is 1. The lowest BCUT2D eigenvalue weighted by Crippen LogP contribution is -2.35. The summed E-state index contributed by atoms with van der Waals surface area (Å²) >= 11 is 0. The predicted molar refractivity (Wildman–Crippen MR) is 78.2 cm³/mol. The van der Waals surface area contributed by atoms with Gasteiger partial charge in [0.2, 0.25) is 0 Å². The minimum atomic E-state index is -0.276. The molecular weight excluding hydrogens is 241 g/mol. The number of ether oxygens (including phenoxy) is 1. The average molecular weight is 267 g/mol. The summed E-state index contributed by atoms with van der Waals surface area (Å²) < 4.78 is 18.6. The molecule has 0 aliphatic heterocycles. The fourth-order valence-corrected chi connectivity index (χ4v) is 2.43. The van der Waals surface area contributed by atoms with Gasteiger partial charge in [-0.05, 0) is 49.4 Å². The van der Waals surface area contributed by atoms with Gasteiger partial charge in [0.25, 0.3) is 0 Å². The number of nitrogens with one attached hydrogen (secondary N) is 1. The summed E-state index contributed by atoms with van der Waals surface area (Å²) in [6, 6.07) is 5.73. The first kappa shape index (κ1) is 16.0. The van der Waals surface area contributed by atoms with Crippen molar-refractivity contribution in [2.75, 3.05) is 13.7 Å². The van der Waals surface area contributed by atoms with Crippen LogP contribution < -0.4 is 10.1 Å². The van der Waals surface area contributed by atoms with Gasteiger partial charge in [-0.15, -0.1) is 0 Å². The molecule has 1 rings (SSSR count). The topological polar surface area (TPSA) is 21.3 Å². The molecule has 0 aromatic heterocycles. The van der Waals surface area contributed by atoms with Crippen LogP contribution in [0.1, 0.15) is 39.2 Å². The number of benzene rings is 1. The molecule has 2 nitrogen and oxygen atoms in total. The van der Waals surface area contributed by atoms with Gasteiger partial charge in [0.15, 0.2) is 11.6 Å². The van der Waals surface area contributed by atoms with Gasteiger partial charge in [-0.25, -0.2) is 4.39 Å². The monoisotopic (exact) mass is 267 g/mol. The van der Waals surface area contributed by atoms with Gasteiger partial charge in [-0.1, -0.05) is 26.8 Å². The molecule has 0 bridgehead atoms. The highest BCUT2D eigenvalue weighted by molar-refractivity contribution is 5.29. The quantitative estimate of drug-likeness (QED) is 0.773. The molecule has 0 saturated carbocycles. The van der Waals surface area contributed by atoms with E-state index in [2.05, 4.69) is 26.1 Å². The molecule has 0 spiro atoms. The highest BCUT2D eigenvalue weighted by atomic mass is 19.1. The first-order valence-corrected chi connectivity index (χ1v) is 7.18. The molecule has 1 aromatic rings. The Labute approximate surface area is 116 Å². The molecule has 0 saturated heterocycles. The summed E-state index contributed by atoms with van der Waals surface area (Å²) in [7, 11) is 1.49. The van der Waals surface area contributed by atoms with Crippen LogP contribution in [0, 0.1) is 11.7 Å². The van der Waals surface area contributed by atoms with E-state index in [0.717, 1.165) is 31.4 Å². The summed E-state index contributed by atoms with van der Waals surface area (Å²) in [5.41, 5.74) is 1.03. The maximum absolute atomic E-state index is 13.6. The van der Waals surface area contributed by atoms with Crippen LogP contribution >= 0.6 is 0 Å². The third kappa shape index (κ3) is 4.83. The third-order valence-electron chi connectivity index (χ3n) is 3.56. The second-order valence-electron chi connectivity index (χ2n) is 5.12. The number of hydrogen-bond acceptors (Lipinski definition) is 2. The van der Waals surface area contributed by atoms with Crippen molar-refractivity contribution >= 4 is 0 Å². The van der Waals surface area contributed by atoms with E-state index in [1.54, 1.807) is 12.1 Å². The lowest BCUT2D eigenvalue weighted by atomic mass is 9.92. The third-order valence-corrected chi connectivity index (χ3v) is 3.56. The van der Waals surface area contributed by atoms with Crippen molar-refractivity contribution in [3.8, 4) is 5.75 Å². The van der Waals surface area contributed by atoms with Crippen LogP contribution in [0.3, 0.4) is 0 Å². The molecule has 0 aliphatic rings. The first-order chi connectivity index (χ1) is 9.12. The average Bonchev–Trinajstić information content (AvgIpc) is 2.40. The van der Waals surface area contributed by atoms with E-state index in [1.807, 2.05) is 6.07 Å². The molecule has 2 atom stereocenters. The van der Waals surface area contributed by atoms with Gasteiger partial charge in [-0.3, -0.25) is 0 Å². The van der Waals surface area contributed by atoms with Gasteiger partial charge in [0, 0.05) is 6.04 Å². The molecule has 1 N–H and O–H groups in total. The molecule has 19 heavy (non-hydrogen) atoms. The van der Waals surface area contributed by atoms with E-state index in [-0.39, 0.29) is 5.82 Å². The Morgan fingerprint density at radius 1 is 1.32 bits per heavy atom. The Hall–Kier alpha value is -1.09. The molecule has 0 radical (unpaired) electrons. The molecule has 2 unspecified atom stereocenters. The van der Waals surface area contributed by atoms with E-state index in [0.29, 0.717) is 17.7 Å². The molecule has 0 aliphatic carbocycles. The van der Waals surface area contributed by atoms with E-state index in [1.165, 1.54) is 7.11 Å². The minimum Gasteiger partial charge on any atom is -0.494 e. The van der Waals surface area contributed by atoms with Crippen LogP contribution in [-0.2, 0) is 6.42 Å². The smallest absolute Gasteiger partial charge is 0.165 e. The van der Waals surface area contributed by atoms with E-state index in [9.17, 15) is 4.39 Å². The summed E-state index contributed by atoms with van der Waals surface area (Å²) in [5, 5.41) is 3.56. The standard InChI is InChI=1S/C16H26FNO/c1-5-9-18-15(6-2)12(3)10-13-7-8-16(19-4)14(17)11-13/h7-8,11-12,15,18H,5-6,9-10H2,1-4H3. The van der Waals surface area contributed by atoms with E-state index >= 15 is 0 Å². The highest BCUT2D eigenvalue weighted by Gasteiger charge is 2.15. The maximum Gasteiger partial charge on any atom is 0.165 e. The van der Waals surface area contributed by atoms with Crippen molar-refractivity contribution in [1.82, 2.24) is 5.32 Å². The molecular formula is C16H26FNO. The van der Waals surface area contributed by atoms with Crippen LogP contribution in [0.5, 0.6) is 5.75 Å². The van der Waals surface area contributed by atoms with Crippen LogP contribution in [0.2, 0.25) is 0 Å². The molecule has 3 heteroatoms. The largest absolute Gasteiger partial charge is 0.494 e. The van der Waals surface area contributed by atoms with Gasteiger partial charge < -0.3 is 10.1 Å². The number of methoxy groups -OCH3 is 1. The van der Waals surface area contributed by atoms with Crippen molar-refractivity contribution in [3.63, 3.8) is 0 Å². The van der Waals surface area contributed by atoms with Crippen molar-refractivity contribution in [3.05, 3.63) is 29.6 Å². The number of hydrogen-bond donors (Lipinski definition) is 1. The fourth-order valence-electron chi connectivity index (χ4n) is 2.43. The minimum absolute atomic E-state index is 0.276. The summed E-state index contributed by atoms with van der Waals surface area (Å²) in [6.45, 7) is 7.63. The first-order valence-electron chi connectivity index (χ1n) is 7.18. The van der Waals surface area contributed by atoms with Crippen molar-refractivity contribution < 1.29 is 9.13 Å². The van der Waals surface area contributed by atoms with E-state index in [4.69, 9.17) is 4.74 Å². The predicted octanol–water partition coefficient (Wildman–Crippen LogP) is 3.79. The van der Waals surface area contributed by atoms with Crippen LogP contribution in [-0.4, -0.2) is 19.7 Å². The fraction of sp³-hybridized carbons (Fsp3) is 0.625. The zero-order chi connectivity index (χ0) is 14.3. The molecule has 0 fully saturated rings. The molecule has 1 aromatic carbocycles. The molecule has 0 amide bonds. The van der Waals surface area contributed by atoms with Crippen LogP contribution in [0.15, 0.2) is 18.2 Å². The lowest BCUT2D eigenvalue weighted by molar-refractivity contribution is 0.362. The summed E-state index contributed by atoms with van der Waals surface area (Å²) in [5.74, 6) is 0.527. The van der Waals surface area contributed by atoms with Crippen LogP contribution in [0.25, 0.3) is 0 Å². The zero-order valence-electron chi connectivity index (χ0n) is 12.5. The maximum atomic E-state index is 13.6. The number of rotatable bonds is 8. The summed E-state index contributed by atoms with van der Waals surface area (Å²) in [6.07, 6.45) is 3.12. The van der Waals surface area contributed by atoms with Crippen LogP contribution in [0.4, 0.5) is 4.39 Å². The Kier molecular flexibility index (Phi) is 6.85. The summed E-state index contributed by atoms with van der Waals surface area (Å²) in [4.78, 5) is 0. The van der Waals surface area contributed by atoms with Gasteiger partial charge >= 0.3 is 0 Å². The molecule has 0 heterocycles. The van der Waals surface area contributed by atoms with Gasteiger partial charge in [-0.2, -0.15) is 0 Å². The Morgan fingerprint density at radius 3 is 2.58 bits per heavy atom. The SMILES string of the molecule is CCCNC(CC)C(C)Cc1ccc(OC)c(F)c1.